The number of benzene rings is 3. The van der Waals surface area contributed by atoms with Crippen molar-refractivity contribution in [3.05, 3.63) is 102 Å². The normalized spacial score (nSPS) is 11.6. The summed E-state index contributed by atoms with van der Waals surface area (Å²) in [5, 5.41) is 3.02. The van der Waals surface area contributed by atoms with Crippen molar-refractivity contribution in [2.45, 2.75) is 33.0 Å². The van der Waals surface area contributed by atoms with E-state index in [1.165, 1.54) is 0 Å². The maximum atomic E-state index is 13.5. The zero-order valence-electron chi connectivity index (χ0n) is 18.8. The molecule has 0 saturated carbocycles. The van der Waals surface area contributed by atoms with Gasteiger partial charge in [-0.2, -0.15) is 0 Å². The lowest BCUT2D eigenvalue weighted by Gasteiger charge is -2.33. The van der Waals surface area contributed by atoms with Crippen LogP contribution in [0.1, 0.15) is 36.6 Å². The van der Waals surface area contributed by atoms with Gasteiger partial charge < -0.3 is 15.0 Å². The van der Waals surface area contributed by atoms with Crippen molar-refractivity contribution in [2.75, 3.05) is 7.11 Å². The summed E-state index contributed by atoms with van der Waals surface area (Å²) in [6.45, 7) is 4.43. The van der Waals surface area contributed by atoms with Crippen molar-refractivity contribution in [1.29, 1.82) is 0 Å². The van der Waals surface area contributed by atoms with Gasteiger partial charge in [0.1, 0.15) is 11.8 Å². The summed E-state index contributed by atoms with van der Waals surface area (Å²) in [6.07, 6.45) is 0. The van der Waals surface area contributed by atoms with E-state index >= 15 is 0 Å². The molecule has 0 aromatic heterocycles. The monoisotopic (exact) mass is 430 g/mol. The van der Waals surface area contributed by atoms with Crippen LogP contribution in [-0.4, -0.2) is 23.8 Å². The van der Waals surface area contributed by atoms with Crippen LogP contribution in [0.5, 0.6) is 5.75 Å². The Morgan fingerprint density at radius 3 is 2.00 bits per heavy atom. The molecule has 0 spiro atoms. The fourth-order valence-corrected chi connectivity index (χ4v) is 3.55. The fraction of sp³-hybridized carbons (Fsp3) is 0.259. The molecule has 5 heteroatoms. The third-order valence-electron chi connectivity index (χ3n) is 5.27. The maximum Gasteiger partial charge on any atom is 0.247 e. The van der Waals surface area contributed by atoms with Crippen molar-refractivity contribution in [1.82, 2.24) is 10.2 Å². The molecule has 1 unspecified atom stereocenters. The average Bonchev–Trinajstić information content (AvgIpc) is 2.83. The van der Waals surface area contributed by atoms with Gasteiger partial charge in [0, 0.05) is 19.0 Å². The van der Waals surface area contributed by atoms with Crippen molar-refractivity contribution in [3.8, 4) is 5.75 Å². The van der Waals surface area contributed by atoms with Crippen LogP contribution < -0.4 is 10.1 Å². The molecule has 1 atom stereocenters. The van der Waals surface area contributed by atoms with Crippen LogP contribution in [0.2, 0.25) is 0 Å². The standard InChI is InChI=1S/C27H30N2O3/c1-20(2)27(31)29(19-22-14-16-24(32-3)17-15-22)25(23-12-8-5-9-13-23)26(30)28-18-21-10-6-4-7-11-21/h4-17,20,25H,18-19H2,1-3H3,(H,28,30). The van der Waals surface area contributed by atoms with E-state index in [0.717, 1.165) is 22.4 Å². The molecular formula is C27H30N2O3. The molecule has 0 radical (unpaired) electrons. The zero-order valence-corrected chi connectivity index (χ0v) is 18.8. The quantitative estimate of drug-likeness (QED) is 0.534. The van der Waals surface area contributed by atoms with Gasteiger partial charge in [0.05, 0.1) is 7.11 Å². The molecule has 166 valence electrons. The first-order chi connectivity index (χ1) is 15.5. The molecule has 0 fully saturated rings. The van der Waals surface area contributed by atoms with Gasteiger partial charge in [-0.1, -0.05) is 86.6 Å². The number of rotatable bonds is 9. The Labute approximate surface area is 190 Å². The molecule has 0 aliphatic rings. The van der Waals surface area contributed by atoms with E-state index in [-0.39, 0.29) is 17.7 Å². The van der Waals surface area contributed by atoms with E-state index < -0.39 is 6.04 Å². The van der Waals surface area contributed by atoms with E-state index in [1.807, 2.05) is 98.8 Å². The zero-order chi connectivity index (χ0) is 22.9. The van der Waals surface area contributed by atoms with Crippen LogP contribution in [0.15, 0.2) is 84.9 Å². The number of nitrogens with zero attached hydrogens (tertiary/aromatic N) is 1. The van der Waals surface area contributed by atoms with Crippen LogP contribution in [0.3, 0.4) is 0 Å². The average molecular weight is 431 g/mol. The molecule has 5 nitrogen and oxygen atoms in total. The third kappa shape index (κ3) is 5.97. The second-order valence-corrected chi connectivity index (χ2v) is 7.99. The summed E-state index contributed by atoms with van der Waals surface area (Å²) < 4.78 is 5.24. The molecule has 0 aliphatic heterocycles. The van der Waals surface area contributed by atoms with Gasteiger partial charge in [-0.15, -0.1) is 0 Å². The van der Waals surface area contributed by atoms with Crippen molar-refractivity contribution in [3.63, 3.8) is 0 Å². The Morgan fingerprint density at radius 2 is 1.44 bits per heavy atom. The molecule has 0 heterocycles. The Hall–Kier alpha value is -3.60. The molecule has 3 aromatic carbocycles. The van der Waals surface area contributed by atoms with Gasteiger partial charge in [-0.05, 0) is 28.8 Å². The lowest BCUT2D eigenvalue weighted by molar-refractivity contribution is -0.144. The predicted octanol–water partition coefficient (Wildman–Crippen LogP) is 4.74. The Morgan fingerprint density at radius 1 is 0.844 bits per heavy atom. The van der Waals surface area contributed by atoms with E-state index in [0.29, 0.717) is 13.1 Å². The summed E-state index contributed by atoms with van der Waals surface area (Å²) in [6, 6.07) is 26.0. The number of carbonyl (C=O) groups is 2. The number of hydrogen-bond donors (Lipinski definition) is 1. The van der Waals surface area contributed by atoms with Crippen molar-refractivity contribution in [2.24, 2.45) is 5.92 Å². The molecule has 32 heavy (non-hydrogen) atoms. The van der Waals surface area contributed by atoms with Gasteiger partial charge in [0.15, 0.2) is 0 Å². The van der Waals surface area contributed by atoms with Gasteiger partial charge in [-0.25, -0.2) is 0 Å². The number of nitrogens with one attached hydrogen (secondary N) is 1. The minimum Gasteiger partial charge on any atom is -0.497 e. The molecule has 0 saturated heterocycles. The number of carbonyl (C=O) groups excluding carboxylic acids is 2. The summed E-state index contributed by atoms with van der Waals surface area (Å²) in [7, 11) is 1.62. The van der Waals surface area contributed by atoms with Gasteiger partial charge in [0.2, 0.25) is 11.8 Å². The SMILES string of the molecule is COc1ccc(CN(C(=O)C(C)C)C(C(=O)NCc2ccccc2)c2ccccc2)cc1. The highest BCUT2D eigenvalue weighted by Gasteiger charge is 2.32. The lowest BCUT2D eigenvalue weighted by Crippen LogP contribution is -2.44. The van der Waals surface area contributed by atoms with Crippen LogP contribution >= 0.6 is 0 Å². The lowest BCUT2D eigenvalue weighted by atomic mass is 10.0. The smallest absolute Gasteiger partial charge is 0.247 e. The Balaban J connectivity index is 1.92. The highest BCUT2D eigenvalue weighted by atomic mass is 16.5. The molecule has 1 N–H and O–H groups in total. The van der Waals surface area contributed by atoms with Gasteiger partial charge in [-0.3, -0.25) is 9.59 Å². The second kappa shape index (κ2) is 11.1. The number of amides is 2. The van der Waals surface area contributed by atoms with Gasteiger partial charge >= 0.3 is 0 Å². The highest BCUT2D eigenvalue weighted by molar-refractivity contribution is 5.89. The summed E-state index contributed by atoms with van der Waals surface area (Å²) in [4.78, 5) is 28.4. The molecule has 3 aromatic rings. The first-order valence-electron chi connectivity index (χ1n) is 10.8. The second-order valence-electron chi connectivity index (χ2n) is 7.99. The van der Waals surface area contributed by atoms with Gasteiger partial charge in [0.25, 0.3) is 0 Å². The van der Waals surface area contributed by atoms with E-state index in [4.69, 9.17) is 4.74 Å². The van der Waals surface area contributed by atoms with E-state index in [2.05, 4.69) is 5.32 Å². The maximum absolute atomic E-state index is 13.5. The van der Waals surface area contributed by atoms with Crippen molar-refractivity contribution >= 4 is 11.8 Å². The van der Waals surface area contributed by atoms with Crippen LogP contribution in [0, 0.1) is 5.92 Å². The Kier molecular flexibility index (Phi) is 8.03. The molecule has 2 amide bonds. The van der Waals surface area contributed by atoms with Crippen LogP contribution in [0.4, 0.5) is 0 Å². The van der Waals surface area contributed by atoms with Crippen LogP contribution in [-0.2, 0) is 22.7 Å². The summed E-state index contributed by atoms with van der Waals surface area (Å²) >= 11 is 0. The largest absolute Gasteiger partial charge is 0.497 e. The number of hydrogen-bond acceptors (Lipinski definition) is 3. The van der Waals surface area contributed by atoms with E-state index in [9.17, 15) is 9.59 Å². The topological polar surface area (TPSA) is 58.6 Å². The molecule has 0 aliphatic carbocycles. The fourth-order valence-electron chi connectivity index (χ4n) is 3.55. The summed E-state index contributed by atoms with van der Waals surface area (Å²) in [5.41, 5.74) is 2.71. The minimum absolute atomic E-state index is 0.0791. The van der Waals surface area contributed by atoms with Crippen molar-refractivity contribution < 1.29 is 14.3 Å². The van der Waals surface area contributed by atoms with Crippen LogP contribution in [0.25, 0.3) is 0 Å². The number of methoxy groups -OCH3 is 1. The Bertz CT molecular complexity index is 1000. The molecule has 0 bridgehead atoms. The first kappa shape index (κ1) is 23.1. The molecular weight excluding hydrogens is 400 g/mol. The summed E-state index contributed by atoms with van der Waals surface area (Å²) in [5.74, 6) is 0.212. The third-order valence-corrected chi connectivity index (χ3v) is 5.27. The predicted molar refractivity (Wildman–Crippen MR) is 126 cm³/mol. The first-order valence-corrected chi connectivity index (χ1v) is 10.8. The molecule has 3 rings (SSSR count). The van der Waals surface area contributed by atoms with E-state index in [1.54, 1.807) is 12.0 Å². The number of ether oxygens (including phenoxy) is 1. The minimum atomic E-state index is -0.739. The highest BCUT2D eigenvalue weighted by Crippen LogP contribution is 2.26.